The summed E-state index contributed by atoms with van der Waals surface area (Å²) in [6.45, 7) is 1.64. The van der Waals surface area contributed by atoms with Crippen LogP contribution in [0.15, 0.2) is 29.6 Å². The minimum atomic E-state index is -0.723. The molecule has 9 heteroatoms. The molecule has 0 aliphatic heterocycles. The van der Waals surface area contributed by atoms with E-state index in [0.717, 1.165) is 10.7 Å². The fraction of sp³-hybridized carbons (Fsp3) is 0.250. The Morgan fingerprint density at radius 2 is 2.08 bits per heavy atom. The third-order valence-electron chi connectivity index (χ3n) is 2.94. The molecule has 25 heavy (non-hydrogen) atoms. The monoisotopic (exact) mass is 363 g/mol. The number of rotatable bonds is 6. The molecule has 0 radical (unpaired) electrons. The number of carbonyl (C=O) groups is 3. The van der Waals surface area contributed by atoms with Crippen LogP contribution in [0.2, 0.25) is 0 Å². The molecule has 0 spiro atoms. The molecule has 0 unspecified atom stereocenters. The molecule has 2 rings (SSSR count). The highest BCUT2D eigenvalue weighted by atomic mass is 32.1. The van der Waals surface area contributed by atoms with Crippen molar-refractivity contribution < 1.29 is 23.9 Å². The number of carbonyl (C=O) groups excluding carboxylic acids is 3. The smallest absolute Gasteiger partial charge is 0.338 e. The van der Waals surface area contributed by atoms with Crippen molar-refractivity contribution >= 4 is 29.2 Å². The van der Waals surface area contributed by atoms with Crippen LogP contribution in [0.3, 0.4) is 0 Å². The molecule has 2 N–H and O–H groups in total. The number of hydrogen-bond acceptors (Lipinski definition) is 7. The summed E-state index contributed by atoms with van der Waals surface area (Å²) in [7, 11) is 1.37. The summed E-state index contributed by atoms with van der Waals surface area (Å²) in [5, 5.41) is 7.06. The van der Waals surface area contributed by atoms with E-state index in [9.17, 15) is 14.4 Å². The Bertz CT molecular complexity index is 775. The van der Waals surface area contributed by atoms with Gasteiger partial charge in [-0.05, 0) is 25.1 Å². The second-order valence-electron chi connectivity index (χ2n) is 4.88. The van der Waals surface area contributed by atoms with Gasteiger partial charge in [0.1, 0.15) is 12.4 Å². The zero-order chi connectivity index (χ0) is 18.2. The van der Waals surface area contributed by atoms with Gasteiger partial charge in [-0.25, -0.2) is 14.6 Å². The number of thiazole rings is 1. The van der Waals surface area contributed by atoms with E-state index in [1.807, 2.05) is 17.6 Å². The SMILES string of the molecule is CNC(=O)NC(=O)COC(=O)c1cccc(OCc2csc(C)n2)c1. The average Bonchev–Trinajstić information content (AvgIpc) is 3.03. The molecule has 132 valence electrons. The summed E-state index contributed by atoms with van der Waals surface area (Å²) >= 11 is 1.53. The number of aryl methyl sites for hydroxylation is 1. The summed E-state index contributed by atoms with van der Waals surface area (Å²) < 4.78 is 10.5. The van der Waals surface area contributed by atoms with Gasteiger partial charge >= 0.3 is 12.0 Å². The van der Waals surface area contributed by atoms with Crippen molar-refractivity contribution in [3.05, 3.63) is 45.9 Å². The van der Waals surface area contributed by atoms with Crippen molar-refractivity contribution in [2.75, 3.05) is 13.7 Å². The van der Waals surface area contributed by atoms with Crippen molar-refractivity contribution in [2.45, 2.75) is 13.5 Å². The Balaban J connectivity index is 1.87. The number of benzene rings is 1. The first kappa shape index (κ1) is 18.4. The first-order chi connectivity index (χ1) is 12.0. The average molecular weight is 363 g/mol. The Morgan fingerprint density at radius 1 is 1.28 bits per heavy atom. The minimum absolute atomic E-state index is 0.236. The van der Waals surface area contributed by atoms with Gasteiger partial charge in [0.2, 0.25) is 0 Å². The van der Waals surface area contributed by atoms with Gasteiger partial charge in [0, 0.05) is 12.4 Å². The van der Waals surface area contributed by atoms with Crippen LogP contribution in [-0.4, -0.2) is 36.5 Å². The van der Waals surface area contributed by atoms with Crippen LogP contribution in [0.25, 0.3) is 0 Å². The summed E-state index contributed by atoms with van der Waals surface area (Å²) in [5.74, 6) is -0.934. The molecule has 0 fully saturated rings. The molecule has 0 bridgehead atoms. The van der Waals surface area contributed by atoms with Crippen LogP contribution in [0.4, 0.5) is 4.79 Å². The molecular weight excluding hydrogens is 346 g/mol. The van der Waals surface area contributed by atoms with Crippen LogP contribution in [0.1, 0.15) is 21.1 Å². The first-order valence-electron chi connectivity index (χ1n) is 7.30. The number of hydrogen-bond donors (Lipinski definition) is 2. The number of ether oxygens (including phenoxy) is 2. The largest absolute Gasteiger partial charge is 0.487 e. The van der Waals surface area contributed by atoms with Crippen LogP contribution in [0, 0.1) is 6.92 Å². The summed E-state index contributed by atoms with van der Waals surface area (Å²) in [6.07, 6.45) is 0. The van der Waals surface area contributed by atoms with Crippen molar-refractivity contribution in [1.82, 2.24) is 15.6 Å². The maximum atomic E-state index is 12.0. The molecule has 2 aromatic rings. The lowest BCUT2D eigenvalue weighted by atomic mass is 10.2. The van der Waals surface area contributed by atoms with Gasteiger partial charge in [-0.1, -0.05) is 6.07 Å². The molecule has 3 amide bonds. The fourth-order valence-electron chi connectivity index (χ4n) is 1.78. The summed E-state index contributed by atoms with van der Waals surface area (Å²) in [6, 6.07) is 5.72. The van der Waals surface area contributed by atoms with Gasteiger partial charge in [-0.3, -0.25) is 10.1 Å². The molecule has 0 aliphatic carbocycles. The number of nitrogens with zero attached hydrogens (tertiary/aromatic N) is 1. The third-order valence-corrected chi connectivity index (χ3v) is 3.76. The van der Waals surface area contributed by atoms with Crippen molar-refractivity contribution in [3.8, 4) is 5.75 Å². The number of nitrogens with one attached hydrogen (secondary N) is 2. The maximum absolute atomic E-state index is 12.0. The zero-order valence-electron chi connectivity index (χ0n) is 13.7. The van der Waals surface area contributed by atoms with Crippen LogP contribution in [0.5, 0.6) is 5.75 Å². The minimum Gasteiger partial charge on any atom is -0.487 e. The molecule has 1 aromatic heterocycles. The van der Waals surface area contributed by atoms with Gasteiger partial charge in [0.15, 0.2) is 6.61 Å². The third kappa shape index (κ3) is 5.88. The van der Waals surface area contributed by atoms with Crippen molar-refractivity contribution in [3.63, 3.8) is 0 Å². The summed E-state index contributed by atoms with van der Waals surface area (Å²) in [4.78, 5) is 38.6. The normalized spacial score (nSPS) is 10.0. The number of aromatic nitrogens is 1. The number of amides is 3. The number of esters is 1. The molecular formula is C16H17N3O5S. The Hall–Kier alpha value is -2.94. The van der Waals surface area contributed by atoms with Gasteiger partial charge in [0.25, 0.3) is 5.91 Å². The lowest BCUT2D eigenvalue weighted by molar-refractivity contribution is -0.123. The highest BCUT2D eigenvalue weighted by Gasteiger charge is 2.12. The standard InChI is InChI=1S/C16H17N3O5S/c1-10-18-12(9-25-10)7-23-13-5-3-4-11(6-13)15(21)24-8-14(20)19-16(22)17-2/h3-6,9H,7-8H2,1-2H3,(H2,17,19,20,22). The van der Waals surface area contributed by atoms with Crippen LogP contribution >= 0.6 is 11.3 Å². The Kier molecular flexibility index (Phi) is 6.47. The molecule has 0 saturated heterocycles. The Labute approximate surface area is 148 Å². The quantitative estimate of drug-likeness (QED) is 0.756. The van der Waals surface area contributed by atoms with E-state index in [-0.39, 0.29) is 12.2 Å². The molecule has 1 aromatic carbocycles. The van der Waals surface area contributed by atoms with Crippen LogP contribution in [-0.2, 0) is 16.1 Å². The van der Waals surface area contributed by atoms with E-state index in [1.165, 1.54) is 24.5 Å². The molecule has 0 aliphatic rings. The maximum Gasteiger partial charge on any atom is 0.338 e. The topological polar surface area (TPSA) is 107 Å². The van der Waals surface area contributed by atoms with E-state index in [1.54, 1.807) is 18.2 Å². The van der Waals surface area contributed by atoms with Gasteiger partial charge in [0.05, 0.1) is 16.3 Å². The van der Waals surface area contributed by atoms with Gasteiger partial charge in [-0.2, -0.15) is 0 Å². The van der Waals surface area contributed by atoms with Crippen molar-refractivity contribution in [2.24, 2.45) is 0 Å². The van der Waals surface area contributed by atoms with E-state index >= 15 is 0 Å². The van der Waals surface area contributed by atoms with E-state index < -0.39 is 24.5 Å². The molecule has 0 atom stereocenters. The summed E-state index contributed by atoms with van der Waals surface area (Å²) in [5.41, 5.74) is 1.04. The number of imide groups is 1. The second kappa shape index (κ2) is 8.78. The number of urea groups is 1. The molecule has 1 heterocycles. The Morgan fingerprint density at radius 3 is 2.76 bits per heavy atom. The highest BCUT2D eigenvalue weighted by Crippen LogP contribution is 2.17. The second-order valence-corrected chi connectivity index (χ2v) is 5.94. The predicted molar refractivity (Wildman–Crippen MR) is 90.5 cm³/mol. The lowest BCUT2D eigenvalue weighted by Crippen LogP contribution is -2.39. The lowest BCUT2D eigenvalue weighted by Gasteiger charge is -2.08. The molecule has 0 saturated carbocycles. The predicted octanol–water partition coefficient (Wildman–Crippen LogP) is 1.64. The fourth-order valence-corrected chi connectivity index (χ4v) is 2.38. The highest BCUT2D eigenvalue weighted by molar-refractivity contribution is 7.09. The van der Waals surface area contributed by atoms with E-state index in [0.29, 0.717) is 5.75 Å². The molecule has 8 nitrogen and oxygen atoms in total. The van der Waals surface area contributed by atoms with E-state index in [4.69, 9.17) is 9.47 Å². The van der Waals surface area contributed by atoms with Gasteiger partial charge < -0.3 is 14.8 Å². The zero-order valence-corrected chi connectivity index (χ0v) is 14.5. The van der Waals surface area contributed by atoms with Crippen LogP contribution < -0.4 is 15.4 Å². The van der Waals surface area contributed by atoms with Crippen molar-refractivity contribution in [1.29, 1.82) is 0 Å². The first-order valence-corrected chi connectivity index (χ1v) is 8.18. The van der Waals surface area contributed by atoms with Gasteiger partial charge in [-0.15, -0.1) is 11.3 Å². The van der Waals surface area contributed by atoms with E-state index in [2.05, 4.69) is 10.3 Å².